The van der Waals surface area contributed by atoms with Crippen LogP contribution in [0, 0.1) is 11.6 Å². The zero-order valence-corrected chi connectivity index (χ0v) is 18.7. The van der Waals surface area contributed by atoms with Crippen LogP contribution in [0.25, 0.3) is 0 Å². The van der Waals surface area contributed by atoms with Gasteiger partial charge in [0.2, 0.25) is 18.2 Å². The van der Waals surface area contributed by atoms with Crippen molar-refractivity contribution in [3.63, 3.8) is 0 Å². The fraction of sp³-hybridized carbons (Fsp3) is 0.296. The van der Waals surface area contributed by atoms with Gasteiger partial charge in [-0.2, -0.15) is 4.58 Å². The van der Waals surface area contributed by atoms with Crippen molar-refractivity contribution in [1.82, 2.24) is 0 Å². The number of halogens is 2. The first-order valence-corrected chi connectivity index (χ1v) is 10.9. The molecule has 3 nitrogen and oxygen atoms in total. The average molecular weight is 435 g/mol. The van der Waals surface area contributed by atoms with Gasteiger partial charge in [0, 0.05) is 24.1 Å². The van der Waals surface area contributed by atoms with Crippen LogP contribution >= 0.6 is 0 Å². The highest BCUT2D eigenvalue weighted by molar-refractivity contribution is 6.12. The first-order chi connectivity index (χ1) is 15.2. The minimum atomic E-state index is -0.853. The van der Waals surface area contributed by atoms with Crippen molar-refractivity contribution in [3.8, 4) is 11.5 Å². The Morgan fingerprint density at radius 3 is 2.22 bits per heavy atom. The molecule has 5 heteroatoms. The molecule has 1 atom stereocenters. The van der Waals surface area contributed by atoms with Gasteiger partial charge < -0.3 is 9.47 Å². The fourth-order valence-electron chi connectivity index (χ4n) is 4.57. The molecule has 5 rings (SSSR count). The number of ether oxygens (including phenoxy) is 2. The maximum atomic E-state index is 14.2. The van der Waals surface area contributed by atoms with E-state index in [2.05, 4.69) is 56.5 Å². The Bertz CT molecular complexity index is 1240. The summed E-state index contributed by atoms with van der Waals surface area (Å²) in [7, 11) is 0. The van der Waals surface area contributed by atoms with Crippen LogP contribution in [0.3, 0.4) is 0 Å². The molecular weight excluding hydrogens is 408 g/mol. The van der Waals surface area contributed by atoms with Crippen molar-refractivity contribution >= 4 is 11.4 Å². The summed E-state index contributed by atoms with van der Waals surface area (Å²) in [5.41, 5.74) is 6.01. The average Bonchev–Trinajstić information content (AvgIpc) is 3.20. The predicted octanol–water partition coefficient (Wildman–Crippen LogP) is 6.12. The van der Waals surface area contributed by atoms with Gasteiger partial charge in [-0.25, -0.2) is 8.78 Å². The summed E-state index contributed by atoms with van der Waals surface area (Å²) < 4.78 is 41.2. The number of nitrogens with zero attached hydrogens (tertiary/aromatic N) is 1. The van der Waals surface area contributed by atoms with E-state index in [1.807, 2.05) is 12.1 Å². The lowest BCUT2D eigenvalue weighted by molar-refractivity contribution is -0.481. The number of hydrogen-bond donors (Lipinski definition) is 0. The Morgan fingerprint density at radius 1 is 0.875 bits per heavy atom. The van der Waals surface area contributed by atoms with E-state index in [1.54, 1.807) is 6.07 Å². The molecule has 2 aliphatic heterocycles. The predicted molar refractivity (Wildman–Crippen MR) is 120 cm³/mol. The molecular formula is C27H26F2NO2+. The highest BCUT2D eigenvalue weighted by atomic mass is 19.2. The van der Waals surface area contributed by atoms with Gasteiger partial charge in [0.05, 0.1) is 5.56 Å². The maximum absolute atomic E-state index is 14.2. The van der Waals surface area contributed by atoms with Gasteiger partial charge in [-0.15, -0.1) is 0 Å². The van der Waals surface area contributed by atoms with E-state index in [4.69, 9.17) is 9.47 Å². The summed E-state index contributed by atoms with van der Waals surface area (Å²) in [6.07, 6.45) is 0.745. The van der Waals surface area contributed by atoms with Gasteiger partial charge in [0.25, 0.3) is 0 Å². The second-order valence-corrected chi connectivity index (χ2v) is 9.56. The quantitative estimate of drug-likeness (QED) is 0.454. The van der Waals surface area contributed by atoms with Crippen LogP contribution in [0.5, 0.6) is 11.5 Å². The molecule has 0 fully saturated rings. The molecule has 0 saturated heterocycles. The highest BCUT2D eigenvalue weighted by Gasteiger charge is 2.36. The molecule has 2 aliphatic rings. The topological polar surface area (TPSA) is 21.5 Å². The molecule has 0 radical (unpaired) electrons. The molecule has 2 heterocycles. The molecule has 0 amide bonds. The smallest absolute Gasteiger partial charge is 0.231 e. The number of hydrogen-bond acceptors (Lipinski definition) is 2. The summed E-state index contributed by atoms with van der Waals surface area (Å²) in [5.74, 6) is -0.251. The lowest BCUT2D eigenvalue weighted by Gasteiger charge is -2.24. The first kappa shape index (κ1) is 20.7. The van der Waals surface area contributed by atoms with Crippen molar-refractivity contribution < 1.29 is 22.8 Å². The molecule has 3 aromatic carbocycles. The molecule has 3 aromatic rings. The van der Waals surface area contributed by atoms with Gasteiger partial charge in [-0.3, -0.25) is 0 Å². The van der Waals surface area contributed by atoms with Crippen molar-refractivity contribution in [2.45, 2.75) is 45.6 Å². The summed E-state index contributed by atoms with van der Waals surface area (Å²) in [5, 5.41) is 0. The second kappa shape index (κ2) is 7.44. The zero-order chi connectivity index (χ0) is 22.6. The van der Waals surface area contributed by atoms with Crippen molar-refractivity contribution in [1.29, 1.82) is 0 Å². The number of rotatable bonds is 2. The normalized spacial score (nSPS) is 17.5. The summed E-state index contributed by atoms with van der Waals surface area (Å²) >= 11 is 0. The Labute approximate surface area is 186 Å². The Morgan fingerprint density at radius 2 is 1.56 bits per heavy atom. The zero-order valence-electron chi connectivity index (χ0n) is 18.7. The molecule has 0 N–H and O–H groups in total. The second-order valence-electron chi connectivity index (χ2n) is 9.56. The van der Waals surface area contributed by atoms with Crippen LogP contribution in [0.1, 0.15) is 49.9 Å². The van der Waals surface area contributed by atoms with Gasteiger partial charge in [-0.1, -0.05) is 32.9 Å². The van der Waals surface area contributed by atoms with Crippen LogP contribution in [0.2, 0.25) is 0 Å². The molecule has 0 aromatic heterocycles. The minimum absolute atomic E-state index is 0.0324. The molecule has 0 bridgehead atoms. The highest BCUT2D eigenvalue weighted by Crippen LogP contribution is 2.39. The number of fused-ring (bicyclic) bond motifs is 2. The van der Waals surface area contributed by atoms with Crippen molar-refractivity contribution in [2.24, 2.45) is 0 Å². The molecule has 164 valence electrons. The maximum Gasteiger partial charge on any atom is 0.231 e. The van der Waals surface area contributed by atoms with Crippen LogP contribution in [0.4, 0.5) is 14.5 Å². The lowest BCUT2D eigenvalue weighted by atomic mass is 9.84. The molecule has 32 heavy (non-hydrogen) atoms. The monoisotopic (exact) mass is 434 g/mol. The van der Waals surface area contributed by atoms with E-state index in [9.17, 15) is 8.78 Å². The molecule has 0 spiro atoms. The van der Waals surface area contributed by atoms with Gasteiger partial charge in [0.1, 0.15) is 0 Å². The summed E-state index contributed by atoms with van der Waals surface area (Å²) in [4.78, 5) is 0. The third kappa shape index (κ3) is 3.46. The van der Waals surface area contributed by atoms with Gasteiger partial charge >= 0.3 is 0 Å². The van der Waals surface area contributed by atoms with Crippen LogP contribution in [-0.4, -0.2) is 23.1 Å². The minimum Gasteiger partial charge on any atom is -0.454 e. The van der Waals surface area contributed by atoms with E-state index in [0.29, 0.717) is 11.4 Å². The largest absolute Gasteiger partial charge is 0.454 e. The number of benzene rings is 3. The Hall–Kier alpha value is -3.21. The van der Waals surface area contributed by atoms with Gasteiger partial charge in [0.15, 0.2) is 29.2 Å². The lowest BCUT2D eigenvalue weighted by Crippen LogP contribution is -2.34. The van der Waals surface area contributed by atoms with E-state index < -0.39 is 11.6 Å². The Balaban J connectivity index is 1.77. The third-order valence-corrected chi connectivity index (χ3v) is 6.26. The molecule has 1 unspecified atom stereocenters. The molecule has 0 saturated carbocycles. The van der Waals surface area contributed by atoms with E-state index in [-0.39, 0.29) is 18.2 Å². The first-order valence-electron chi connectivity index (χ1n) is 10.9. The van der Waals surface area contributed by atoms with Crippen molar-refractivity contribution in [3.05, 3.63) is 88.5 Å². The van der Waals surface area contributed by atoms with E-state index >= 15 is 0 Å². The SMILES string of the molecule is CC1Cc2cc3c(cc2C(c2ccc(C(C)(C)C)cc2)=[N+]1c1ccc(F)c(F)c1)OCO3. The van der Waals surface area contributed by atoms with Crippen LogP contribution in [-0.2, 0) is 11.8 Å². The molecule has 0 aliphatic carbocycles. The summed E-state index contributed by atoms with van der Waals surface area (Å²) in [6.45, 7) is 8.85. The summed E-state index contributed by atoms with van der Waals surface area (Å²) in [6, 6.07) is 16.7. The van der Waals surface area contributed by atoms with E-state index in [1.165, 1.54) is 17.7 Å². The van der Waals surface area contributed by atoms with E-state index in [0.717, 1.165) is 34.6 Å². The fourth-order valence-corrected chi connectivity index (χ4v) is 4.57. The van der Waals surface area contributed by atoms with Crippen LogP contribution in [0.15, 0.2) is 54.6 Å². The van der Waals surface area contributed by atoms with Crippen molar-refractivity contribution in [2.75, 3.05) is 6.79 Å². The van der Waals surface area contributed by atoms with Gasteiger partial charge in [-0.05, 0) is 53.8 Å². The third-order valence-electron chi connectivity index (χ3n) is 6.26. The standard InChI is InChI=1S/C27H26F2NO2/c1-16-11-18-12-24-25(32-15-31-24)14-21(18)26(17-5-7-19(8-6-17)27(2,3)4)30(16)20-9-10-22(28)23(29)13-20/h5-10,12-14,16H,11,15H2,1-4H3/q+1. The Kier molecular flexibility index (Phi) is 4.81. The van der Waals surface area contributed by atoms with Crippen LogP contribution < -0.4 is 9.47 Å².